The molecule has 0 fully saturated rings. The van der Waals surface area contributed by atoms with Gasteiger partial charge in [0.15, 0.2) is 11.7 Å². The number of fused-ring (bicyclic) bond motifs is 1. The van der Waals surface area contributed by atoms with Gasteiger partial charge < -0.3 is 9.72 Å². The molecule has 0 aliphatic heterocycles. The third-order valence-electron chi connectivity index (χ3n) is 3.78. The fraction of sp³-hybridized carbons (Fsp3) is 0.0526. The first kappa shape index (κ1) is 16.9. The van der Waals surface area contributed by atoms with Crippen molar-refractivity contribution in [3.63, 3.8) is 0 Å². The monoisotopic (exact) mass is 378 g/mol. The molecule has 0 aliphatic rings. The van der Waals surface area contributed by atoms with Crippen LogP contribution in [0.5, 0.6) is 0 Å². The number of rotatable bonds is 5. The van der Waals surface area contributed by atoms with Crippen molar-refractivity contribution in [1.82, 2.24) is 15.0 Å². The number of carbonyl (C=O) groups excluding carboxylic acids is 2. The molecule has 2 aromatic heterocycles. The van der Waals surface area contributed by atoms with E-state index in [2.05, 4.69) is 20.3 Å². The van der Waals surface area contributed by atoms with Crippen LogP contribution in [-0.4, -0.2) is 33.4 Å². The van der Waals surface area contributed by atoms with Gasteiger partial charge in [0.25, 0.3) is 5.91 Å². The topological polar surface area (TPSA) is 97.0 Å². The molecular formula is C19H14N4O3S. The third kappa shape index (κ3) is 3.85. The maximum Gasteiger partial charge on any atom is 0.338 e. The predicted molar refractivity (Wildman–Crippen MR) is 103 cm³/mol. The number of hydrogen-bond donors (Lipinski definition) is 2. The summed E-state index contributed by atoms with van der Waals surface area (Å²) >= 11 is 1.29. The summed E-state index contributed by atoms with van der Waals surface area (Å²) < 4.78 is 5.07. The van der Waals surface area contributed by atoms with Crippen LogP contribution in [0, 0.1) is 0 Å². The average Bonchev–Trinajstić information content (AvgIpc) is 3.35. The smallest absolute Gasteiger partial charge is 0.338 e. The molecule has 0 saturated carbocycles. The van der Waals surface area contributed by atoms with Crippen LogP contribution in [-0.2, 0) is 9.53 Å². The Balaban J connectivity index is 1.45. The summed E-state index contributed by atoms with van der Waals surface area (Å²) in [7, 11) is 0. The highest BCUT2D eigenvalue weighted by atomic mass is 32.1. The lowest BCUT2D eigenvalue weighted by molar-refractivity contribution is -0.119. The minimum absolute atomic E-state index is 0.341. The minimum Gasteiger partial charge on any atom is -0.452 e. The molecule has 4 aromatic rings. The van der Waals surface area contributed by atoms with Crippen molar-refractivity contribution in [1.29, 1.82) is 0 Å². The summed E-state index contributed by atoms with van der Waals surface area (Å²) in [5.41, 5.74) is 2.76. The van der Waals surface area contributed by atoms with E-state index in [1.54, 1.807) is 29.8 Å². The first-order valence-electron chi connectivity index (χ1n) is 8.11. The molecule has 0 atom stereocenters. The highest BCUT2D eigenvalue weighted by Crippen LogP contribution is 2.21. The standard InChI is InChI=1S/C19H14N4O3S/c24-16(23-19-20-8-9-27-19)11-26-18(25)13-6-7-14-15(10-13)22-17(21-14)12-4-2-1-3-5-12/h1-10H,11H2,(H,21,22)(H,20,23,24). The van der Waals surface area contributed by atoms with Crippen molar-refractivity contribution in [2.45, 2.75) is 0 Å². The summed E-state index contributed by atoms with van der Waals surface area (Å²) in [6.45, 7) is -0.380. The van der Waals surface area contributed by atoms with Gasteiger partial charge in [-0.15, -0.1) is 11.3 Å². The fourth-order valence-electron chi connectivity index (χ4n) is 2.52. The Morgan fingerprint density at radius 1 is 1.15 bits per heavy atom. The van der Waals surface area contributed by atoms with Crippen molar-refractivity contribution in [3.8, 4) is 11.4 Å². The number of H-pyrrole nitrogens is 1. The summed E-state index contributed by atoms with van der Waals surface area (Å²) in [6, 6.07) is 14.7. The Morgan fingerprint density at radius 2 is 2.00 bits per heavy atom. The van der Waals surface area contributed by atoms with E-state index < -0.39 is 11.9 Å². The molecule has 0 bridgehead atoms. The Bertz CT molecular complexity index is 1090. The van der Waals surface area contributed by atoms with Gasteiger partial charge in [-0.2, -0.15) is 0 Å². The molecule has 0 saturated heterocycles. The number of imidazole rings is 1. The number of thiazole rings is 1. The lowest BCUT2D eigenvalue weighted by Gasteiger charge is -2.04. The van der Waals surface area contributed by atoms with Crippen LogP contribution in [0.25, 0.3) is 22.4 Å². The Labute approximate surface area is 158 Å². The molecule has 0 radical (unpaired) electrons. The van der Waals surface area contributed by atoms with Crippen molar-refractivity contribution in [3.05, 3.63) is 65.7 Å². The van der Waals surface area contributed by atoms with Gasteiger partial charge in [-0.1, -0.05) is 30.3 Å². The Morgan fingerprint density at radius 3 is 2.78 bits per heavy atom. The molecule has 4 rings (SSSR count). The molecular weight excluding hydrogens is 364 g/mol. The number of esters is 1. The zero-order valence-electron chi connectivity index (χ0n) is 14.0. The molecule has 2 aromatic carbocycles. The minimum atomic E-state index is -0.581. The van der Waals surface area contributed by atoms with Crippen LogP contribution in [0.3, 0.4) is 0 Å². The lowest BCUT2D eigenvalue weighted by atomic mass is 10.2. The molecule has 0 aliphatic carbocycles. The molecule has 8 heteroatoms. The van der Waals surface area contributed by atoms with E-state index in [4.69, 9.17) is 4.74 Å². The second-order valence-electron chi connectivity index (χ2n) is 5.64. The van der Waals surface area contributed by atoms with E-state index in [0.717, 1.165) is 22.4 Å². The fourth-order valence-corrected chi connectivity index (χ4v) is 3.07. The van der Waals surface area contributed by atoms with Crippen LogP contribution >= 0.6 is 11.3 Å². The van der Waals surface area contributed by atoms with Crippen LogP contribution in [0.15, 0.2) is 60.1 Å². The quantitative estimate of drug-likeness (QED) is 0.518. The summed E-state index contributed by atoms with van der Waals surface area (Å²) in [5, 5.41) is 4.76. The van der Waals surface area contributed by atoms with E-state index in [0.29, 0.717) is 10.7 Å². The molecule has 2 N–H and O–H groups in total. The number of carbonyl (C=O) groups is 2. The van der Waals surface area contributed by atoms with Crippen LogP contribution in [0.4, 0.5) is 5.13 Å². The van der Waals surface area contributed by atoms with Gasteiger partial charge >= 0.3 is 5.97 Å². The normalized spacial score (nSPS) is 10.7. The van der Waals surface area contributed by atoms with Crippen LogP contribution in [0.1, 0.15) is 10.4 Å². The van der Waals surface area contributed by atoms with E-state index in [-0.39, 0.29) is 6.61 Å². The van der Waals surface area contributed by atoms with Gasteiger partial charge in [0, 0.05) is 17.1 Å². The van der Waals surface area contributed by atoms with Gasteiger partial charge in [-0.25, -0.2) is 14.8 Å². The van der Waals surface area contributed by atoms with Gasteiger partial charge in [0.1, 0.15) is 5.82 Å². The molecule has 134 valence electrons. The van der Waals surface area contributed by atoms with Gasteiger partial charge in [-0.3, -0.25) is 10.1 Å². The van der Waals surface area contributed by atoms with Gasteiger partial charge in [-0.05, 0) is 18.2 Å². The first-order chi connectivity index (χ1) is 13.2. The molecule has 0 unspecified atom stereocenters. The SMILES string of the molecule is O=C(COC(=O)c1ccc2nc(-c3ccccc3)[nH]c2c1)Nc1nccs1. The number of nitrogens with zero attached hydrogens (tertiary/aromatic N) is 2. The van der Waals surface area contributed by atoms with E-state index in [9.17, 15) is 9.59 Å². The molecule has 1 amide bonds. The first-order valence-corrected chi connectivity index (χ1v) is 8.99. The predicted octanol–water partition coefficient (Wildman–Crippen LogP) is 3.48. The molecule has 0 spiro atoms. The Hall–Kier alpha value is -3.52. The van der Waals surface area contributed by atoms with Crippen molar-refractivity contribution in [2.75, 3.05) is 11.9 Å². The second-order valence-corrected chi connectivity index (χ2v) is 6.54. The number of aromatic nitrogens is 3. The number of amides is 1. The number of ether oxygens (including phenoxy) is 1. The number of benzene rings is 2. The maximum atomic E-state index is 12.2. The van der Waals surface area contributed by atoms with E-state index in [1.807, 2.05) is 30.3 Å². The highest BCUT2D eigenvalue weighted by molar-refractivity contribution is 7.13. The van der Waals surface area contributed by atoms with Crippen molar-refractivity contribution in [2.24, 2.45) is 0 Å². The molecule has 27 heavy (non-hydrogen) atoms. The second kappa shape index (κ2) is 7.38. The average molecular weight is 378 g/mol. The van der Waals surface area contributed by atoms with Crippen molar-refractivity contribution < 1.29 is 14.3 Å². The molecule has 7 nitrogen and oxygen atoms in total. The van der Waals surface area contributed by atoms with E-state index >= 15 is 0 Å². The summed E-state index contributed by atoms with van der Waals surface area (Å²) in [4.78, 5) is 35.7. The number of aromatic amines is 1. The molecule has 2 heterocycles. The van der Waals surface area contributed by atoms with Gasteiger partial charge in [0.05, 0.1) is 16.6 Å². The van der Waals surface area contributed by atoms with Crippen LogP contribution < -0.4 is 5.32 Å². The number of hydrogen-bond acceptors (Lipinski definition) is 6. The maximum absolute atomic E-state index is 12.2. The Kier molecular flexibility index (Phi) is 4.63. The summed E-state index contributed by atoms with van der Waals surface area (Å²) in [5.74, 6) is -0.298. The largest absolute Gasteiger partial charge is 0.452 e. The number of nitrogens with one attached hydrogen (secondary N) is 2. The zero-order valence-corrected chi connectivity index (χ0v) is 14.8. The third-order valence-corrected chi connectivity index (χ3v) is 4.47. The van der Waals surface area contributed by atoms with Crippen molar-refractivity contribution >= 4 is 39.4 Å². The zero-order chi connectivity index (χ0) is 18.6. The van der Waals surface area contributed by atoms with Gasteiger partial charge in [0.2, 0.25) is 0 Å². The highest BCUT2D eigenvalue weighted by Gasteiger charge is 2.13. The number of anilines is 1. The van der Waals surface area contributed by atoms with E-state index in [1.165, 1.54) is 11.3 Å². The summed E-state index contributed by atoms with van der Waals surface area (Å²) in [6.07, 6.45) is 1.58. The lowest BCUT2D eigenvalue weighted by Crippen LogP contribution is -2.20. The van der Waals surface area contributed by atoms with Crippen LogP contribution in [0.2, 0.25) is 0 Å².